The van der Waals surface area contributed by atoms with Crippen LogP contribution in [0, 0.1) is 0 Å². The monoisotopic (exact) mass is 890 g/mol. The van der Waals surface area contributed by atoms with Gasteiger partial charge in [-0.25, -0.2) is 0 Å². The van der Waals surface area contributed by atoms with Crippen LogP contribution in [-0.2, 0) is 58.6 Å². The lowest BCUT2D eigenvalue weighted by molar-refractivity contribution is -0.411. The Morgan fingerprint density at radius 2 is 1.14 bits per heavy atom. The predicted octanol–water partition coefficient (Wildman–Crippen LogP) is 9.63. The molecular weight excluding hydrogens is 824 g/mol. The molecule has 2 unspecified atom stereocenters. The second-order valence-corrected chi connectivity index (χ2v) is 16.8. The largest absolute Gasteiger partial charge is 0.497 e. The molecule has 0 amide bonds. The van der Waals surface area contributed by atoms with E-state index in [1.807, 2.05) is 91.0 Å². The molecule has 6 rings (SSSR count). The summed E-state index contributed by atoms with van der Waals surface area (Å²) in [5.41, 5.74) is 2.78. The molecule has 2 aliphatic heterocycles. The highest BCUT2D eigenvalue weighted by atomic mass is 35.5. The Labute approximate surface area is 379 Å². The van der Waals surface area contributed by atoms with E-state index in [0.29, 0.717) is 50.0 Å². The van der Waals surface area contributed by atoms with Gasteiger partial charge in [-0.15, -0.1) is 0 Å². The van der Waals surface area contributed by atoms with Gasteiger partial charge in [-0.2, -0.15) is 0 Å². The molecule has 4 aromatic rings. The number of unbranched alkanes of at least 4 members (excludes halogenated alkanes) is 3. The lowest BCUT2D eigenvalue weighted by atomic mass is 9.80. The zero-order valence-corrected chi connectivity index (χ0v) is 38.4. The molecule has 63 heavy (non-hydrogen) atoms. The Bertz CT molecular complexity index is 1870. The fraction of sp³-hybridized carbons (Fsp3) is 0.529. The summed E-state index contributed by atoms with van der Waals surface area (Å²) in [7, 11) is 3.28. The summed E-state index contributed by atoms with van der Waals surface area (Å²) >= 11 is 6.96. The van der Waals surface area contributed by atoms with Crippen molar-refractivity contribution in [2.75, 3.05) is 60.5 Å². The van der Waals surface area contributed by atoms with Crippen molar-refractivity contribution in [1.82, 2.24) is 0 Å². The lowest BCUT2D eigenvalue weighted by Crippen LogP contribution is -2.73. The average molecular weight is 892 g/mol. The van der Waals surface area contributed by atoms with E-state index in [-0.39, 0.29) is 32.5 Å². The number of benzene rings is 4. The highest BCUT2D eigenvalue weighted by Gasteiger charge is 2.64. The van der Waals surface area contributed by atoms with E-state index in [9.17, 15) is 5.11 Å². The van der Waals surface area contributed by atoms with Crippen LogP contribution in [-0.4, -0.2) is 95.6 Å². The van der Waals surface area contributed by atoms with Crippen LogP contribution in [0.15, 0.2) is 91.0 Å². The van der Waals surface area contributed by atoms with Crippen molar-refractivity contribution in [3.05, 3.63) is 124 Å². The molecule has 0 radical (unpaired) electrons. The number of hydrogen-bond donors (Lipinski definition) is 1. The molecule has 4 atom stereocenters. The van der Waals surface area contributed by atoms with Crippen molar-refractivity contribution < 1.29 is 52.5 Å². The molecule has 2 heterocycles. The summed E-state index contributed by atoms with van der Waals surface area (Å²) in [6.07, 6.45) is 3.14. The Morgan fingerprint density at radius 1 is 0.635 bits per heavy atom. The molecule has 0 spiro atoms. The molecule has 0 aliphatic carbocycles. The van der Waals surface area contributed by atoms with Crippen LogP contribution in [0.4, 0.5) is 0 Å². The second kappa shape index (κ2) is 24.5. The summed E-state index contributed by atoms with van der Waals surface area (Å²) in [4.78, 5) is 0. The van der Waals surface area contributed by atoms with Crippen LogP contribution >= 0.6 is 11.6 Å². The van der Waals surface area contributed by atoms with Gasteiger partial charge in [0.25, 0.3) is 0 Å². The third kappa shape index (κ3) is 13.2. The number of halogens is 1. The van der Waals surface area contributed by atoms with Gasteiger partial charge < -0.3 is 52.5 Å². The van der Waals surface area contributed by atoms with Crippen molar-refractivity contribution in [1.29, 1.82) is 0 Å². The van der Waals surface area contributed by atoms with Crippen LogP contribution in [0.1, 0.15) is 87.1 Å². The molecule has 344 valence electrons. The van der Waals surface area contributed by atoms with Crippen LogP contribution in [0.2, 0.25) is 5.02 Å². The maximum absolute atomic E-state index is 13.5. The summed E-state index contributed by atoms with van der Waals surface area (Å²) in [5, 5.41) is 14.1. The number of ether oxygens (including phenoxy) is 10. The smallest absolute Gasteiger partial charge is 0.223 e. The van der Waals surface area contributed by atoms with E-state index in [1.165, 1.54) is 0 Å². The molecule has 12 heteroatoms. The molecule has 2 saturated heterocycles. The third-order valence-corrected chi connectivity index (χ3v) is 11.9. The van der Waals surface area contributed by atoms with Crippen LogP contribution in [0.5, 0.6) is 17.2 Å². The Kier molecular flexibility index (Phi) is 19.0. The van der Waals surface area contributed by atoms with Gasteiger partial charge in [0.1, 0.15) is 47.3 Å². The molecule has 0 aromatic heterocycles. The van der Waals surface area contributed by atoms with Crippen molar-refractivity contribution in [2.45, 2.75) is 115 Å². The highest BCUT2D eigenvalue weighted by Crippen LogP contribution is 2.47. The second-order valence-electron chi connectivity index (χ2n) is 16.4. The summed E-state index contributed by atoms with van der Waals surface area (Å²) in [5.74, 6) is 0.223. The first-order chi connectivity index (χ1) is 30.7. The summed E-state index contributed by atoms with van der Waals surface area (Å²) in [6, 6.07) is 29.0. The molecular formula is C51H67ClO11. The molecule has 0 bridgehead atoms. The minimum Gasteiger partial charge on any atom is -0.497 e. The minimum absolute atomic E-state index is 0.00207. The maximum Gasteiger partial charge on any atom is 0.223 e. The molecule has 1 N–H and O–H groups in total. The zero-order chi connectivity index (χ0) is 44.5. The van der Waals surface area contributed by atoms with Crippen LogP contribution in [0.3, 0.4) is 0 Å². The number of methoxy groups -OCH3 is 2. The molecule has 11 nitrogen and oxygen atoms in total. The highest BCUT2D eigenvalue weighted by molar-refractivity contribution is 6.31. The number of rotatable bonds is 27. The van der Waals surface area contributed by atoms with Crippen molar-refractivity contribution in [3.8, 4) is 17.2 Å². The topological polar surface area (TPSA) is 113 Å². The maximum atomic E-state index is 13.5. The van der Waals surface area contributed by atoms with Gasteiger partial charge in [-0.05, 0) is 96.5 Å². The van der Waals surface area contributed by atoms with Crippen molar-refractivity contribution in [2.24, 2.45) is 0 Å². The van der Waals surface area contributed by atoms with Crippen molar-refractivity contribution >= 4 is 11.6 Å². The lowest BCUT2D eigenvalue weighted by Gasteiger charge is -2.56. The average Bonchev–Trinajstić information content (AvgIpc) is 3.28. The van der Waals surface area contributed by atoms with Crippen LogP contribution < -0.4 is 14.2 Å². The van der Waals surface area contributed by atoms with E-state index in [1.54, 1.807) is 14.2 Å². The van der Waals surface area contributed by atoms with E-state index in [4.69, 9.17) is 59.0 Å². The third-order valence-electron chi connectivity index (χ3n) is 11.5. The van der Waals surface area contributed by atoms with Crippen LogP contribution in [0.25, 0.3) is 0 Å². The fourth-order valence-corrected chi connectivity index (χ4v) is 7.92. The minimum atomic E-state index is -2.07. The quantitative estimate of drug-likeness (QED) is 0.0578. The first-order valence-corrected chi connectivity index (χ1v) is 22.9. The molecule has 2 aliphatic rings. The Morgan fingerprint density at radius 3 is 1.65 bits per heavy atom. The van der Waals surface area contributed by atoms with Gasteiger partial charge in [0.05, 0.1) is 53.9 Å². The van der Waals surface area contributed by atoms with E-state index in [0.717, 1.165) is 78.0 Å². The first kappa shape index (κ1) is 48.7. The molecule has 0 saturated carbocycles. The van der Waals surface area contributed by atoms with Gasteiger partial charge >= 0.3 is 0 Å². The SMILES string of the molecule is CCCCOC1[C@@H](OCCCC)[C@H](OCCCC)C(COCc2ccc(OC)cc2)(COCc2ccc(OC)cc2)OC1(O)c1ccc(Cl)c(Cc2ccc(OC3COC3)cc2)c1. The number of hydrogen-bond acceptors (Lipinski definition) is 11. The van der Waals surface area contributed by atoms with E-state index in [2.05, 4.69) is 20.8 Å². The number of aliphatic hydroxyl groups is 1. The summed E-state index contributed by atoms with van der Waals surface area (Å²) in [6.45, 7) is 9.29. The van der Waals surface area contributed by atoms with E-state index < -0.39 is 29.7 Å². The zero-order valence-electron chi connectivity index (χ0n) is 37.7. The van der Waals surface area contributed by atoms with Gasteiger partial charge in [0.2, 0.25) is 5.79 Å². The van der Waals surface area contributed by atoms with E-state index >= 15 is 0 Å². The molecule has 2 fully saturated rings. The standard InChI is InChI=1S/C51H67ClO11/c1-6-9-26-59-47-48(60-27-10-7-2)50(35-57-31-38-14-19-42(54-4)20-15-38,36-58-32-39-16-21-43(55-5)22-17-39)63-51(53,49(47)61-28-11-8-3)41-18-25-46(52)40(30-41)29-37-12-23-44(24-13-37)62-45-33-56-34-45/h12-25,30,45,47-49,53H,6-11,26-29,31-36H2,1-5H3/t47-,48-,49?,51?/m0/s1. The Hall–Kier alpha value is -3.75. The normalized spacial score (nSPS) is 20.9. The summed E-state index contributed by atoms with van der Waals surface area (Å²) < 4.78 is 63.2. The van der Waals surface area contributed by atoms with Gasteiger partial charge in [-0.1, -0.05) is 94.1 Å². The first-order valence-electron chi connectivity index (χ1n) is 22.5. The molecule has 4 aromatic carbocycles. The van der Waals surface area contributed by atoms with Gasteiger partial charge in [-0.3, -0.25) is 0 Å². The predicted molar refractivity (Wildman–Crippen MR) is 243 cm³/mol. The Balaban J connectivity index is 1.41. The van der Waals surface area contributed by atoms with Gasteiger partial charge in [0, 0.05) is 30.4 Å². The van der Waals surface area contributed by atoms with Gasteiger partial charge in [0.15, 0.2) is 0 Å². The van der Waals surface area contributed by atoms with Crippen molar-refractivity contribution in [3.63, 3.8) is 0 Å². The fourth-order valence-electron chi connectivity index (χ4n) is 7.74.